The van der Waals surface area contributed by atoms with Crippen molar-refractivity contribution in [3.05, 3.63) is 78.5 Å². The molecule has 0 unspecified atom stereocenters. The van der Waals surface area contributed by atoms with Crippen molar-refractivity contribution in [2.24, 2.45) is 0 Å². The van der Waals surface area contributed by atoms with Crippen molar-refractivity contribution in [1.82, 2.24) is 14.9 Å². The first-order chi connectivity index (χ1) is 19.8. The van der Waals surface area contributed by atoms with E-state index in [1.165, 1.54) is 12.1 Å². The quantitative estimate of drug-likeness (QED) is 0.233. The number of urea groups is 1. The largest absolute Gasteiger partial charge is 0.477 e. The molecule has 2 N–H and O–H groups in total. The zero-order chi connectivity index (χ0) is 28.7. The van der Waals surface area contributed by atoms with Crippen LogP contribution in [0.2, 0.25) is 0 Å². The van der Waals surface area contributed by atoms with E-state index in [2.05, 4.69) is 25.5 Å². The summed E-state index contributed by atoms with van der Waals surface area (Å²) < 4.78 is 55.8. The van der Waals surface area contributed by atoms with Gasteiger partial charge in [0, 0.05) is 37.1 Å². The van der Waals surface area contributed by atoms with Gasteiger partial charge >= 0.3 is 12.2 Å². The highest BCUT2D eigenvalue weighted by Crippen LogP contribution is 2.31. The molecule has 0 radical (unpaired) electrons. The van der Waals surface area contributed by atoms with E-state index in [1.54, 1.807) is 48.7 Å². The molecule has 41 heavy (non-hydrogen) atoms. The van der Waals surface area contributed by atoms with Gasteiger partial charge in [-0.1, -0.05) is 6.07 Å². The topological polar surface area (TPSA) is 97.8 Å². The molecule has 4 aromatic rings. The third-order valence-electron chi connectivity index (χ3n) is 6.26. The van der Waals surface area contributed by atoms with Crippen molar-refractivity contribution >= 4 is 28.4 Å². The summed E-state index contributed by atoms with van der Waals surface area (Å²) in [5.41, 5.74) is 0.932. The molecule has 1 saturated heterocycles. The van der Waals surface area contributed by atoms with Crippen LogP contribution in [-0.4, -0.2) is 60.4 Å². The van der Waals surface area contributed by atoms with Crippen molar-refractivity contribution in [1.29, 1.82) is 0 Å². The molecule has 5 rings (SSSR count). The Balaban J connectivity index is 1.13. The third-order valence-corrected chi connectivity index (χ3v) is 6.26. The van der Waals surface area contributed by atoms with Gasteiger partial charge in [0.15, 0.2) is 0 Å². The Morgan fingerprint density at radius 1 is 0.927 bits per heavy atom. The second-order valence-electron chi connectivity index (χ2n) is 9.30. The maximum absolute atomic E-state index is 12.9. The summed E-state index contributed by atoms with van der Waals surface area (Å²) in [6.07, 6.45) is -2.02. The molecule has 0 bridgehead atoms. The van der Waals surface area contributed by atoms with E-state index >= 15 is 0 Å². The van der Waals surface area contributed by atoms with Gasteiger partial charge in [0.25, 0.3) is 0 Å². The van der Waals surface area contributed by atoms with E-state index in [0.717, 1.165) is 51.4 Å². The molecule has 1 fully saturated rings. The van der Waals surface area contributed by atoms with Crippen LogP contribution < -0.4 is 20.1 Å². The van der Waals surface area contributed by atoms with Gasteiger partial charge in [-0.3, -0.25) is 4.90 Å². The molecule has 9 nitrogen and oxygen atoms in total. The average Bonchev–Trinajstić information content (AvgIpc) is 2.96. The number of benzene rings is 3. The van der Waals surface area contributed by atoms with Gasteiger partial charge in [-0.25, -0.2) is 14.8 Å². The second kappa shape index (κ2) is 12.8. The second-order valence-corrected chi connectivity index (χ2v) is 9.30. The van der Waals surface area contributed by atoms with Crippen molar-refractivity contribution in [3.8, 4) is 17.4 Å². The number of carbonyl (C=O) groups excluding carboxylic acids is 1. The fourth-order valence-electron chi connectivity index (χ4n) is 4.21. The predicted molar refractivity (Wildman–Crippen MR) is 148 cm³/mol. The lowest BCUT2D eigenvalue weighted by Crippen LogP contribution is -2.37. The predicted octanol–water partition coefficient (Wildman–Crippen LogP) is 6.19. The van der Waals surface area contributed by atoms with Crippen molar-refractivity contribution in [3.63, 3.8) is 0 Å². The van der Waals surface area contributed by atoms with E-state index in [9.17, 15) is 18.0 Å². The SMILES string of the molecule is O=C(Nc1ccc(Oc2ccc3ncc(OCCCN4CCOCC4)nc3c2)cc1)Nc1cccc(C(F)(F)F)c1. The number of hydrogen-bond donors (Lipinski definition) is 2. The number of nitrogens with one attached hydrogen (secondary N) is 2. The standard InChI is InChI=1S/C29H28F3N5O4/c30-29(31,32)20-3-1-4-22(17-20)35-28(38)34-21-5-7-23(8-6-21)41-24-9-10-25-26(18-24)36-27(19-33-25)40-14-2-11-37-12-15-39-16-13-37/h1,3-10,17-19H,2,11-16H2,(H2,34,35,38). The number of rotatable bonds is 9. The molecule has 214 valence electrons. The number of amides is 2. The van der Waals surface area contributed by atoms with Crippen LogP contribution in [0.15, 0.2) is 72.9 Å². The molecule has 1 aliphatic heterocycles. The van der Waals surface area contributed by atoms with E-state index in [1.807, 2.05) is 0 Å². The molecule has 2 amide bonds. The van der Waals surface area contributed by atoms with Crippen LogP contribution in [-0.2, 0) is 10.9 Å². The fourth-order valence-corrected chi connectivity index (χ4v) is 4.21. The number of nitrogens with zero attached hydrogens (tertiary/aromatic N) is 3. The van der Waals surface area contributed by atoms with Crippen LogP contribution in [0.25, 0.3) is 11.0 Å². The Hall–Kier alpha value is -4.42. The van der Waals surface area contributed by atoms with Crippen LogP contribution in [0.4, 0.5) is 29.3 Å². The van der Waals surface area contributed by atoms with Gasteiger partial charge in [-0.15, -0.1) is 0 Å². The van der Waals surface area contributed by atoms with Crippen LogP contribution >= 0.6 is 0 Å². The number of halogens is 3. The van der Waals surface area contributed by atoms with Crippen LogP contribution in [0.5, 0.6) is 17.4 Å². The van der Waals surface area contributed by atoms with Gasteiger partial charge in [0.05, 0.1) is 42.6 Å². The summed E-state index contributed by atoms with van der Waals surface area (Å²) in [6.45, 7) is 4.90. The van der Waals surface area contributed by atoms with Crippen LogP contribution in [0.1, 0.15) is 12.0 Å². The Morgan fingerprint density at radius 2 is 1.68 bits per heavy atom. The number of carbonyl (C=O) groups is 1. The van der Waals surface area contributed by atoms with E-state index < -0.39 is 17.8 Å². The molecular weight excluding hydrogens is 539 g/mol. The molecular formula is C29H28F3N5O4. The molecule has 1 aromatic heterocycles. The van der Waals surface area contributed by atoms with Gasteiger partial charge < -0.3 is 24.8 Å². The number of anilines is 2. The highest BCUT2D eigenvalue weighted by molar-refractivity contribution is 5.99. The fraction of sp³-hybridized carbons (Fsp3) is 0.276. The third kappa shape index (κ3) is 8.05. The van der Waals surface area contributed by atoms with Gasteiger partial charge in [0.2, 0.25) is 5.88 Å². The molecule has 0 aliphatic carbocycles. The summed E-state index contributed by atoms with van der Waals surface area (Å²) >= 11 is 0. The smallest absolute Gasteiger partial charge is 0.416 e. The highest BCUT2D eigenvalue weighted by atomic mass is 19.4. The van der Waals surface area contributed by atoms with Gasteiger partial charge in [0.1, 0.15) is 11.5 Å². The van der Waals surface area contributed by atoms with E-state index in [-0.39, 0.29) is 5.69 Å². The number of ether oxygens (including phenoxy) is 3. The van der Waals surface area contributed by atoms with Gasteiger partial charge in [-0.05, 0) is 61.0 Å². The molecule has 12 heteroatoms. The Labute approximate surface area is 234 Å². The lowest BCUT2D eigenvalue weighted by atomic mass is 10.2. The van der Waals surface area contributed by atoms with Crippen LogP contribution in [0, 0.1) is 0 Å². The lowest BCUT2D eigenvalue weighted by Gasteiger charge is -2.26. The zero-order valence-corrected chi connectivity index (χ0v) is 22.0. The highest BCUT2D eigenvalue weighted by Gasteiger charge is 2.30. The minimum atomic E-state index is -4.50. The van der Waals surface area contributed by atoms with Crippen LogP contribution in [0.3, 0.4) is 0 Å². The molecule has 0 spiro atoms. The summed E-state index contributed by atoms with van der Waals surface area (Å²) in [4.78, 5) is 23.6. The first kappa shape index (κ1) is 28.1. The molecule has 2 heterocycles. The monoisotopic (exact) mass is 567 g/mol. The molecule has 3 aromatic carbocycles. The maximum Gasteiger partial charge on any atom is 0.416 e. The summed E-state index contributed by atoms with van der Waals surface area (Å²) in [6, 6.07) is 15.6. The number of aromatic nitrogens is 2. The number of fused-ring (bicyclic) bond motifs is 1. The summed E-state index contributed by atoms with van der Waals surface area (Å²) in [5.74, 6) is 1.49. The van der Waals surface area contributed by atoms with Gasteiger partial charge in [-0.2, -0.15) is 13.2 Å². The van der Waals surface area contributed by atoms with Crippen molar-refractivity contribution < 1.29 is 32.2 Å². The molecule has 0 saturated carbocycles. The van der Waals surface area contributed by atoms with E-state index in [0.29, 0.717) is 40.7 Å². The first-order valence-electron chi connectivity index (χ1n) is 13.0. The van der Waals surface area contributed by atoms with Crippen molar-refractivity contribution in [2.75, 3.05) is 50.1 Å². The summed E-state index contributed by atoms with van der Waals surface area (Å²) in [5, 5.41) is 4.98. The minimum Gasteiger partial charge on any atom is -0.477 e. The number of morpholine rings is 1. The number of hydrogen-bond acceptors (Lipinski definition) is 7. The van der Waals surface area contributed by atoms with E-state index in [4.69, 9.17) is 14.2 Å². The normalized spacial score (nSPS) is 14.0. The lowest BCUT2D eigenvalue weighted by molar-refractivity contribution is -0.137. The maximum atomic E-state index is 12.9. The van der Waals surface area contributed by atoms with Crippen molar-refractivity contribution in [2.45, 2.75) is 12.6 Å². The molecule has 0 atom stereocenters. The Bertz CT molecular complexity index is 1480. The summed E-state index contributed by atoms with van der Waals surface area (Å²) in [7, 11) is 0. The minimum absolute atomic E-state index is 0.0261. The zero-order valence-electron chi connectivity index (χ0n) is 22.0. The Kier molecular flexibility index (Phi) is 8.80. The Morgan fingerprint density at radius 3 is 2.46 bits per heavy atom. The number of alkyl halides is 3. The first-order valence-corrected chi connectivity index (χ1v) is 13.0. The molecule has 1 aliphatic rings. The average molecular weight is 568 g/mol.